The summed E-state index contributed by atoms with van der Waals surface area (Å²) in [6.07, 6.45) is 6.46. The van der Waals surface area contributed by atoms with E-state index in [-0.39, 0.29) is 6.04 Å². The third-order valence-corrected chi connectivity index (χ3v) is 3.26. The first-order valence-corrected chi connectivity index (χ1v) is 6.70. The largest absolute Gasteiger partial charge is 0.478 e. The van der Waals surface area contributed by atoms with E-state index < -0.39 is 5.97 Å². The number of nitrogens with zero attached hydrogens (tertiary/aromatic N) is 2. The van der Waals surface area contributed by atoms with Crippen LogP contribution in [0.15, 0.2) is 43.0 Å². The number of carboxylic acids is 1. The summed E-state index contributed by atoms with van der Waals surface area (Å²) in [6, 6.07) is 7.13. The first-order chi connectivity index (χ1) is 9.68. The number of imidazole rings is 1. The minimum absolute atomic E-state index is 0.0186. The number of aromatic carboxylic acids is 1. The molecule has 0 saturated heterocycles. The van der Waals surface area contributed by atoms with E-state index in [1.165, 1.54) is 0 Å². The van der Waals surface area contributed by atoms with E-state index in [0.29, 0.717) is 5.56 Å². The van der Waals surface area contributed by atoms with Crippen LogP contribution in [0.3, 0.4) is 0 Å². The number of nitrogens with one attached hydrogen (secondary N) is 1. The van der Waals surface area contributed by atoms with Crippen LogP contribution in [0.2, 0.25) is 0 Å². The fraction of sp³-hybridized carbons (Fsp3) is 0.333. The summed E-state index contributed by atoms with van der Waals surface area (Å²) in [4.78, 5) is 15.2. The summed E-state index contributed by atoms with van der Waals surface area (Å²) in [5.74, 6) is -0.882. The van der Waals surface area contributed by atoms with Crippen LogP contribution in [0.25, 0.3) is 0 Å². The van der Waals surface area contributed by atoms with Crippen LogP contribution in [0.4, 0.5) is 0 Å². The van der Waals surface area contributed by atoms with E-state index in [2.05, 4.69) is 10.3 Å². The molecule has 106 valence electrons. The molecule has 5 heteroatoms. The van der Waals surface area contributed by atoms with Crippen molar-refractivity contribution >= 4 is 5.97 Å². The lowest BCUT2D eigenvalue weighted by molar-refractivity contribution is 0.0695. The highest BCUT2D eigenvalue weighted by molar-refractivity contribution is 5.89. The summed E-state index contributed by atoms with van der Waals surface area (Å²) in [6.45, 7) is 3.71. The molecule has 0 amide bonds. The maximum Gasteiger partial charge on any atom is 0.336 e. The second-order valence-corrected chi connectivity index (χ2v) is 4.72. The Morgan fingerprint density at radius 3 is 2.95 bits per heavy atom. The van der Waals surface area contributed by atoms with Crippen LogP contribution < -0.4 is 5.32 Å². The van der Waals surface area contributed by atoms with Gasteiger partial charge in [-0.25, -0.2) is 9.78 Å². The van der Waals surface area contributed by atoms with Gasteiger partial charge in [-0.2, -0.15) is 0 Å². The Kier molecular flexibility index (Phi) is 4.90. The lowest BCUT2D eigenvalue weighted by Gasteiger charge is -2.16. The number of aryl methyl sites for hydroxylation is 1. The third kappa shape index (κ3) is 3.68. The number of carboxylic acid groups (broad SMARTS) is 1. The Hall–Kier alpha value is -2.14. The average Bonchev–Trinajstić information content (AvgIpc) is 2.96. The van der Waals surface area contributed by atoms with Gasteiger partial charge in [-0.3, -0.25) is 0 Å². The van der Waals surface area contributed by atoms with Gasteiger partial charge in [0.1, 0.15) is 0 Å². The molecule has 0 radical (unpaired) electrons. The quantitative estimate of drug-likeness (QED) is 0.760. The number of hydrogen-bond acceptors (Lipinski definition) is 3. The van der Waals surface area contributed by atoms with E-state index in [1.807, 2.05) is 29.8 Å². The highest BCUT2D eigenvalue weighted by Gasteiger charge is 2.13. The first kappa shape index (κ1) is 14.3. The maximum absolute atomic E-state index is 11.2. The molecule has 1 heterocycles. The third-order valence-electron chi connectivity index (χ3n) is 3.26. The van der Waals surface area contributed by atoms with Gasteiger partial charge in [0.15, 0.2) is 0 Å². The molecule has 5 nitrogen and oxygen atoms in total. The lowest BCUT2D eigenvalue weighted by atomic mass is 10.0. The van der Waals surface area contributed by atoms with Crippen molar-refractivity contribution in [1.82, 2.24) is 14.9 Å². The van der Waals surface area contributed by atoms with Crippen molar-refractivity contribution in [1.29, 1.82) is 0 Å². The predicted octanol–water partition coefficient (Wildman–Crippen LogP) is 2.32. The molecule has 1 atom stereocenters. The van der Waals surface area contributed by atoms with Crippen molar-refractivity contribution in [3.63, 3.8) is 0 Å². The van der Waals surface area contributed by atoms with Crippen molar-refractivity contribution in [2.24, 2.45) is 0 Å². The van der Waals surface area contributed by atoms with Gasteiger partial charge in [0.25, 0.3) is 0 Å². The molecule has 2 N–H and O–H groups in total. The molecule has 1 unspecified atom stereocenters. The topological polar surface area (TPSA) is 67.2 Å². The van der Waals surface area contributed by atoms with Crippen LogP contribution in [-0.2, 0) is 6.54 Å². The maximum atomic E-state index is 11.2. The highest BCUT2D eigenvalue weighted by atomic mass is 16.4. The van der Waals surface area contributed by atoms with Crippen molar-refractivity contribution in [3.05, 3.63) is 54.1 Å². The zero-order valence-electron chi connectivity index (χ0n) is 11.5. The molecule has 2 rings (SSSR count). The summed E-state index contributed by atoms with van der Waals surface area (Å²) < 4.78 is 2.03. The molecule has 1 aromatic heterocycles. The number of rotatable bonds is 7. The number of aromatic nitrogens is 2. The summed E-state index contributed by atoms with van der Waals surface area (Å²) >= 11 is 0. The molecular formula is C15H19N3O2. The second-order valence-electron chi connectivity index (χ2n) is 4.72. The van der Waals surface area contributed by atoms with Gasteiger partial charge in [0, 0.05) is 25.0 Å². The molecule has 20 heavy (non-hydrogen) atoms. The van der Waals surface area contributed by atoms with E-state index >= 15 is 0 Å². The van der Waals surface area contributed by atoms with Gasteiger partial charge in [0.2, 0.25) is 0 Å². The van der Waals surface area contributed by atoms with Gasteiger partial charge in [-0.1, -0.05) is 18.2 Å². The lowest BCUT2D eigenvalue weighted by Crippen LogP contribution is -2.22. The van der Waals surface area contributed by atoms with Crippen LogP contribution in [0.5, 0.6) is 0 Å². The molecule has 0 aliphatic heterocycles. The molecule has 2 aromatic rings. The van der Waals surface area contributed by atoms with Gasteiger partial charge < -0.3 is 15.0 Å². The molecule has 0 aliphatic rings. The van der Waals surface area contributed by atoms with Gasteiger partial charge in [-0.15, -0.1) is 0 Å². The standard InChI is InChI=1S/C15H19N3O2/c1-12(13-5-2-3-6-14(13)15(19)20)17-7-4-9-18-10-8-16-11-18/h2-3,5-6,8,10-12,17H,4,7,9H2,1H3,(H,19,20). The number of benzene rings is 1. The normalized spacial score (nSPS) is 12.2. The Balaban J connectivity index is 1.85. The molecular weight excluding hydrogens is 254 g/mol. The van der Waals surface area contributed by atoms with Crippen LogP contribution in [0, 0.1) is 0 Å². The molecule has 1 aromatic carbocycles. The van der Waals surface area contributed by atoms with Crippen molar-refractivity contribution < 1.29 is 9.90 Å². The zero-order chi connectivity index (χ0) is 14.4. The molecule has 0 spiro atoms. The van der Waals surface area contributed by atoms with E-state index in [0.717, 1.165) is 25.1 Å². The predicted molar refractivity (Wildman–Crippen MR) is 76.7 cm³/mol. The molecule has 0 aliphatic carbocycles. The Bertz CT molecular complexity index is 552. The fourth-order valence-corrected chi connectivity index (χ4v) is 2.18. The number of hydrogen-bond donors (Lipinski definition) is 2. The monoisotopic (exact) mass is 273 g/mol. The summed E-state index contributed by atoms with van der Waals surface area (Å²) in [5.41, 5.74) is 1.18. The minimum atomic E-state index is -0.882. The highest BCUT2D eigenvalue weighted by Crippen LogP contribution is 2.17. The molecule has 0 fully saturated rings. The minimum Gasteiger partial charge on any atom is -0.478 e. The smallest absolute Gasteiger partial charge is 0.336 e. The second kappa shape index (κ2) is 6.86. The Morgan fingerprint density at radius 1 is 1.45 bits per heavy atom. The summed E-state index contributed by atoms with van der Waals surface area (Å²) in [5, 5.41) is 12.5. The zero-order valence-corrected chi connectivity index (χ0v) is 11.5. The first-order valence-electron chi connectivity index (χ1n) is 6.70. The fourth-order valence-electron chi connectivity index (χ4n) is 2.18. The average molecular weight is 273 g/mol. The van der Waals surface area contributed by atoms with Crippen molar-refractivity contribution in [2.45, 2.75) is 25.9 Å². The molecule has 0 saturated carbocycles. The van der Waals surface area contributed by atoms with Gasteiger partial charge in [0.05, 0.1) is 11.9 Å². The van der Waals surface area contributed by atoms with Gasteiger partial charge in [-0.05, 0) is 31.5 Å². The van der Waals surface area contributed by atoms with Gasteiger partial charge >= 0.3 is 5.97 Å². The molecule has 0 bridgehead atoms. The SMILES string of the molecule is CC(NCCCn1ccnc1)c1ccccc1C(=O)O. The number of carbonyl (C=O) groups is 1. The van der Waals surface area contributed by atoms with Crippen LogP contribution >= 0.6 is 0 Å². The van der Waals surface area contributed by atoms with Crippen LogP contribution in [-0.4, -0.2) is 27.2 Å². The van der Waals surface area contributed by atoms with E-state index in [9.17, 15) is 9.90 Å². The van der Waals surface area contributed by atoms with E-state index in [4.69, 9.17) is 0 Å². The Morgan fingerprint density at radius 2 is 2.25 bits per heavy atom. The van der Waals surface area contributed by atoms with Crippen molar-refractivity contribution in [2.75, 3.05) is 6.54 Å². The Labute approximate surface area is 118 Å². The van der Waals surface area contributed by atoms with Crippen molar-refractivity contribution in [3.8, 4) is 0 Å². The summed E-state index contributed by atoms with van der Waals surface area (Å²) in [7, 11) is 0. The van der Waals surface area contributed by atoms with E-state index in [1.54, 1.807) is 24.7 Å². The van der Waals surface area contributed by atoms with Crippen LogP contribution in [0.1, 0.15) is 35.3 Å².